The molecule has 1 aromatic carbocycles. The maximum Gasteiger partial charge on any atom is 0.274 e. The highest BCUT2D eigenvalue weighted by atomic mass is 32.2. The van der Waals surface area contributed by atoms with Crippen LogP contribution in [0.5, 0.6) is 0 Å². The SMILES string of the molecule is CC1CCN(c2nc3nc(SCC(=O)NCc4ccccc4)n(C(C)C)c(=O)c3s2)CC1. The van der Waals surface area contributed by atoms with Crippen molar-refractivity contribution in [2.45, 2.75) is 51.4 Å². The molecule has 1 saturated heterocycles. The van der Waals surface area contributed by atoms with Crippen LogP contribution in [0.25, 0.3) is 10.3 Å². The van der Waals surface area contributed by atoms with E-state index < -0.39 is 0 Å². The molecule has 2 aromatic heterocycles. The van der Waals surface area contributed by atoms with Crippen molar-refractivity contribution in [1.29, 1.82) is 0 Å². The van der Waals surface area contributed by atoms with Crippen molar-refractivity contribution in [2.75, 3.05) is 23.7 Å². The van der Waals surface area contributed by atoms with E-state index in [-0.39, 0.29) is 23.3 Å². The molecule has 0 unspecified atom stereocenters. The zero-order valence-corrected chi connectivity index (χ0v) is 20.3. The third kappa shape index (κ3) is 5.15. The molecule has 0 atom stereocenters. The molecule has 1 aliphatic heterocycles. The lowest BCUT2D eigenvalue weighted by Gasteiger charge is -2.29. The zero-order chi connectivity index (χ0) is 22.7. The van der Waals surface area contributed by atoms with Crippen molar-refractivity contribution in [3.05, 3.63) is 46.2 Å². The highest BCUT2D eigenvalue weighted by Crippen LogP contribution is 2.31. The number of nitrogens with one attached hydrogen (secondary N) is 1. The lowest BCUT2D eigenvalue weighted by molar-refractivity contribution is -0.118. The van der Waals surface area contributed by atoms with Crippen LogP contribution in [-0.4, -0.2) is 39.3 Å². The number of amides is 1. The van der Waals surface area contributed by atoms with Gasteiger partial charge in [-0.1, -0.05) is 60.4 Å². The van der Waals surface area contributed by atoms with Crippen LogP contribution in [0, 0.1) is 5.92 Å². The fraction of sp³-hybridized carbons (Fsp3) is 0.478. The minimum Gasteiger partial charge on any atom is -0.351 e. The second kappa shape index (κ2) is 10.0. The summed E-state index contributed by atoms with van der Waals surface area (Å²) in [6.07, 6.45) is 2.28. The van der Waals surface area contributed by atoms with E-state index in [2.05, 4.69) is 17.1 Å². The Morgan fingerprint density at radius 2 is 1.94 bits per heavy atom. The van der Waals surface area contributed by atoms with Gasteiger partial charge in [0.2, 0.25) is 5.91 Å². The molecule has 4 rings (SSSR count). The summed E-state index contributed by atoms with van der Waals surface area (Å²) in [4.78, 5) is 37.3. The Balaban J connectivity index is 1.51. The van der Waals surface area contributed by atoms with E-state index in [0.717, 1.165) is 42.5 Å². The molecule has 1 aliphatic rings. The first-order valence-electron chi connectivity index (χ1n) is 11.0. The standard InChI is InChI=1S/C23H29N5O2S2/c1-15(2)28-21(30)19-20(25-22(32-19)27-11-9-16(3)10-12-27)26-23(28)31-14-18(29)24-13-17-7-5-4-6-8-17/h4-8,15-16H,9-14H2,1-3H3,(H,24,29). The lowest BCUT2D eigenvalue weighted by atomic mass is 10.00. The summed E-state index contributed by atoms with van der Waals surface area (Å²) < 4.78 is 2.27. The minimum absolute atomic E-state index is 0.0596. The summed E-state index contributed by atoms with van der Waals surface area (Å²) in [6, 6.07) is 9.73. The third-order valence-electron chi connectivity index (χ3n) is 5.65. The van der Waals surface area contributed by atoms with Crippen molar-refractivity contribution < 1.29 is 4.79 Å². The first kappa shape index (κ1) is 22.8. The Labute approximate surface area is 196 Å². The summed E-state index contributed by atoms with van der Waals surface area (Å²) in [5.74, 6) is 0.830. The molecule has 1 N–H and O–H groups in total. The van der Waals surface area contributed by atoms with Crippen LogP contribution in [0.2, 0.25) is 0 Å². The van der Waals surface area contributed by atoms with Crippen molar-refractivity contribution in [2.24, 2.45) is 5.92 Å². The molecule has 7 nitrogen and oxygen atoms in total. The number of piperidine rings is 1. The van der Waals surface area contributed by atoms with E-state index in [0.29, 0.717) is 22.0 Å². The van der Waals surface area contributed by atoms with Gasteiger partial charge in [-0.05, 0) is 38.2 Å². The van der Waals surface area contributed by atoms with Gasteiger partial charge in [-0.15, -0.1) is 0 Å². The van der Waals surface area contributed by atoms with Gasteiger partial charge in [0.15, 0.2) is 15.9 Å². The smallest absolute Gasteiger partial charge is 0.274 e. The Bertz CT molecular complexity index is 1130. The first-order chi connectivity index (χ1) is 15.4. The molecule has 3 aromatic rings. The average Bonchev–Trinajstić information content (AvgIpc) is 3.22. The number of nitrogens with zero attached hydrogens (tertiary/aromatic N) is 4. The number of benzene rings is 1. The second-order valence-corrected chi connectivity index (χ2v) is 10.5. The molecule has 1 amide bonds. The van der Waals surface area contributed by atoms with Crippen LogP contribution in [0.4, 0.5) is 5.13 Å². The van der Waals surface area contributed by atoms with Gasteiger partial charge >= 0.3 is 0 Å². The van der Waals surface area contributed by atoms with Gasteiger partial charge < -0.3 is 10.2 Å². The van der Waals surface area contributed by atoms with E-state index in [1.165, 1.54) is 23.1 Å². The number of anilines is 1. The fourth-order valence-corrected chi connectivity index (χ4v) is 5.67. The molecule has 3 heterocycles. The zero-order valence-electron chi connectivity index (χ0n) is 18.7. The van der Waals surface area contributed by atoms with E-state index in [4.69, 9.17) is 9.97 Å². The average molecular weight is 472 g/mol. The van der Waals surface area contributed by atoms with E-state index in [1.54, 1.807) is 4.57 Å². The number of hydrogen-bond donors (Lipinski definition) is 1. The van der Waals surface area contributed by atoms with Crippen molar-refractivity contribution in [3.8, 4) is 0 Å². The normalized spacial score (nSPS) is 14.9. The van der Waals surface area contributed by atoms with Crippen LogP contribution in [0.3, 0.4) is 0 Å². The van der Waals surface area contributed by atoms with Crippen LogP contribution < -0.4 is 15.8 Å². The summed E-state index contributed by atoms with van der Waals surface area (Å²) in [5, 5.41) is 4.33. The Kier molecular flexibility index (Phi) is 7.15. The maximum atomic E-state index is 13.3. The monoisotopic (exact) mass is 471 g/mol. The summed E-state index contributed by atoms with van der Waals surface area (Å²) in [5.41, 5.74) is 1.45. The molecule has 0 spiro atoms. The largest absolute Gasteiger partial charge is 0.351 e. The van der Waals surface area contributed by atoms with Crippen LogP contribution in [0.15, 0.2) is 40.3 Å². The second-order valence-electron chi connectivity index (χ2n) is 8.53. The number of hydrogen-bond acceptors (Lipinski definition) is 7. The molecule has 170 valence electrons. The summed E-state index contributed by atoms with van der Waals surface area (Å²) in [7, 11) is 0. The topological polar surface area (TPSA) is 80.1 Å². The predicted octanol–water partition coefficient (Wildman–Crippen LogP) is 4.08. The maximum absolute atomic E-state index is 13.3. The number of thiazole rings is 1. The Morgan fingerprint density at radius 3 is 2.62 bits per heavy atom. The molecular weight excluding hydrogens is 442 g/mol. The lowest BCUT2D eigenvalue weighted by Crippen LogP contribution is -2.32. The minimum atomic E-state index is -0.0927. The summed E-state index contributed by atoms with van der Waals surface area (Å²) >= 11 is 2.72. The van der Waals surface area contributed by atoms with Gasteiger partial charge in [0, 0.05) is 25.7 Å². The molecular formula is C23H29N5O2S2. The Hall–Kier alpha value is -2.39. The van der Waals surface area contributed by atoms with Crippen LogP contribution in [-0.2, 0) is 11.3 Å². The number of thioether (sulfide) groups is 1. The third-order valence-corrected chi connectivity index (χ3v) is 7.70. The molecule has 0 radical (unpaired) electrons. The van der Waals surface area contributed by atoms with E-state index >= 15 is 0 Å². The van der Waals surface area contributed by atoms with Gasteiger partial charge in [-0.3, -0.25) is 14.2 Å². The Morgan fingerprint density at radius 1 is 1.22 bits per heavy atom. The fourth-order valence-electron chi connectivity index (χ4n) is 3.73. The van der Waals surface area contributed by atoms with Gasteiger partial charge in [0.1, 0.15) is 4.70 Å². The van der Waals surface area contributed by atoms with Crippen LogP contribution in [0.1, 0.15) is 45.2 Å². The number of aromatic nitrogens is 3. The number of carbonyl (C=O) groups is 1. The quantitative estimate of drug-likeness (QED) is 0.413. The predicted molar refractivity (Wildman–Crippen MR) is 132 cm³/mol. The molecule has 32 heavy (non-hydrogen) atoms. The van der Waals surface area contributed by atoms with Crippen molar-refractivity contribution >= 4 is 44.5 Å². The number of carbonyl (C=O) groups excluding carboxylic acids is 1. The van der Waals surface area contributed by atoms with E-state index in [9.17, 15) is 9.59 Å². The molecule has 0 bridgehead atoms. The van der Waals surface area contributed by atoms with E-state index in [1.807, 2.05) is 44.2 Å². The van der Waals surface area contributed by atoms with Gasteiger partial charge in [0.05, 0.1) is 5.75 Å². The molecule has 0 aliphatic carbocycles. The van der Waals surface area contributed by atoms with Gasteiger partial charge in [-0.2, -0.15) is 4.98 Å². The van der Waals surface area contributed by atoms with Crippen molar-refractivity contribution in [1.82, 2.24) is 19.9 Å². The van der Waals surface area contributed by atoms with Crippen LogP contribution >= 0.6 is 23.1 Å². The van der Waals surface area contributed by atoms with Gasteiger partial charge in [-0.25, -0.2) is 4.98 Å². The highest BCUT2D eigenvalue weighted by Gasteiger charge is 2.23. The first-order valence-corrected chi connectivity index (χ1v) is 12.8. The molecule has 1 fully saturated rings. The molecule has 9 heteroatoms. The number of rotatable bonds is 7. The molecule has 0 saturated carbocycles. The number of fused-ring (bicyclic) bond motifs is 1. The highest BCUT2D eigenvalue weighted by molar-refractivity contribution is 7.99. The van der Waals surface area contributed by atoms with Gasteiger partial charge in [0.25, 0.3) is 5.56 Å². The summed E-state index contributed by atoms with van der Waals surface area (Å²) in [6.45, 7) is 8.60. The van der Waals surface area contributed by atoms with Crippen molar-refractivity contribution in [3.63, 3.8) is 0 Å².